The number of aromatic nitrogens is 1. The summed E-state index contributed by atoms with van der Waals surface area (Å²) in [5, 5.41) is 8.37. The number of hydrogen-bond donors (Lipinski definition) is 1. The van der Waals surface area contributed by atoms with Crippen LogP contribution in [0.5, 0.6) is 11.6 Å². The Morgan fingerprint density at radius 3 is 2.78 bits per heavy atom. The fourth-order valence-corrected chi connectivity index (χ4v) is 0.934. The molecule has 1 rings (SSSR count). The van der Waals surface area contributed by atoms with Gasteiger partial charge in [-0.3, -0.25) is 0 Å². The molecule has 1 N–H and O–H groups in total. The first-order valence-corrected chi connectivity index (χ1v) is 4.82. The molecule has 18 heavy (non-hydrogen) atoms. The molecule has 0 spiro atoms. The zero-order valence-electron chi connectivity index (χ0n) is 9.49. The van der Waals surface area contributed by atoms with Gasteiger partial charge < -0.3 is 24.1 Å². The first kappa shape index (κ1) is 13.7. The molecule has 98 valence electrons. The first-order chi connectivity index (χ1) is 8.61. The topological polar surface area (TPSA) is 104 Å². The Morgan fingerprint density at radius 1 is 1.33 bits per heavy atom. The van der Waals surface area contributed by atoms with E-state index in [1.165, 1.54) is 19.4 Å². The van der Waals surface area contributed by atoms with Crippen molar-refractivity contribution >= 4 is 12.3 Å². The predicted octanol–water partition coefficient (Wildman–Crippen LogP) is 1.30. The zero-order valence-corrected chi connectivity index (χ0v) is 9.49. The van der Waals surface area contributed by atoms with Gasteiger partial charge in [-0.15, -0.1) is 0 Å². The van der Waals surface area contributed by atoms with E-state index in [1.807, 2.05) is 0 Å². The van der Waals surface area contributed by atoms with Crippen LogP contribution < -0.4 is 9.47 Å². The first-order valence-electron chi connectivity index (χ1n) is 4.82. The molecule has 0 aliphatic rings. The van der Waals surface area contributed by atoms with Crippen LogP contribution in [-0.4, -0.2) is 42.7 Å². The van der Waals surface area contributed by atoms with Crippen LogP contribution in [0.4, 0.5) is 9.59 Å². The molecule has 8 nitrogen and oxygen atoms in total. The minimum Gasteiger partial charge on any atom is -0.449 e. The van der Waals surface area contributed by atoms with Gasteiger partial charge in [0, 0.05) is 19.4 Å². The van der Waals surface area contributed by atoms with Crippen LogP contribution in [0, 0.1) is 0 Å². The minimum absolute atomic E-state index is 0.0545. The molecular formula is C10H11NO7. The van der Waals surface area contributed by atoms with E-state index in [-0.39, 0.29) is 24.8 Å². The Balaban J connectivity index is 2.51. The van der Waals surface area contributed by atoms with Crippen molar-refractivity contribution in [3.63, 3.8) is 0 Å². The summed E-state index contributed by atoms with van der Waals surface area (Å²) in [4.78, 5) is 25.0. The smallest absolute Gasteiger partial charge is 0.449 e. The molecule has 0 saturated carbocycles. The standard InChI is InChI=1S/C10H11NO7/c1-15-4-5-16-10(14)17-7-2-3-11-8(6-7)18-9(12)13/h2-3,6H,4-5H2,1H3,(H,12,13). The Kier molecular flexibility index (Phi) is 5.39. The van der Waals surface area contributed by atoms with Crippen LogP contribution in [0.1, 0.15) is 0 Å². The van der Waals surface area contributed by atoms with E-state index in [9.17, 15) is 9.59 Å². The van der Waals surface area contributed by atoms with E-state index in [4.69, 9.17) is 9.84 Å². The molecule has 0 amide bonds. The summed E-state index contributed by atoms with van der Waals surface area (Å²) < 4.78 is 18.4. The van der Waals surface area contributed by atoms with Gasteiger partial charge in [-0.05, 0) is 6.07 Å². The van der Waals surface area contributed by atoms with Crippen molar-refractivity contribution < 1.29 is 33.6 Å². The third-order valence-corrected chi connectivity index (χ3v) is 1.61. The SMILES string of the molecule is COCCOC(=O)Oc1ccnc(OC(=O)O)c1. The summed E-state index contributed by atoms with van der Waals surface area (Å²) in [5.41, 5.74) is 0. The van der Waals surface area contributed by atoms with Gasteiger partial charge in [0.2, 0.25) is 5.88 Å². The minimum atomic E-state index is -1.51. The van der Waals surface area contributed by atoms with Gasteiger partial charge >= 0.3 is 12.3 Å². The zero-order chi connectivity index (χ0) is 13.4. The van der Waals surface area contributed by atoms with Crippen LogP contribution >= 0.6 is 0 Å². The second-order valence-electron chi connectivity index (χ2n) is 2.89. The number of ether oxygens (including phenoxy) is 4. The summed E-state index contributed by atoms with van der Waals surface area (Å²) in [5.74, 6) is -0.145. The second kappa shape index (κ2) is 7.07. The normalized spacial score (nSPS) is 9.61. The third-order valence-electron chi connectivity index (χ3n) is 1.61. The summed E-state index contributed by atoms with van der Waals surface area (Å²) in [6.45, 7) is 0.303. The van der Waals surface area contributed by atoms with Gasteiger partial charge in [-0.1, -0.05) is 0 Å². The van der Waals surface area contributed by atoms with Crippen molar-refractivity contribution in [1.82, 2.24) is 4.98 Å². The molecule has 0 radical (unpaired) electrons. The number of methoxy groups -OCH3 is 1. The summed E-state index contributed by atoms with van der Waals surface area (Å²) in [7, 11) is 1.47. The van der Waals surface area contributed by atoms with Crippen LogP contribution in [0.25, 0.3) is 0 Å². The molecular weight excluding hydrogens is 246 g/mol. The average Bonchev–Trinajstić information content (AvgIpc) is 2.28. The average molecular weight is 257 g/mol. The lowest BCUT2D eigenvalue weighted by molar-refractivity contribution is 0.0685. The Labute approximate surface area is 102 Å². The maximum absolute atomic E-state index is 11.1. The van der Waals surface area contributed by atoms with Crippen LogP contribution in [-0.2, 0) is 9.47 Å². The van der Waals surface area contributed by atoms with Gasteiger partial charge in [0.05, 0.1) is 6.61 Å². The van der Waals surface area contributed by atoms with Crippen molar-refractivity contribution in [2.45, 2.75) is 0 Å². The fraction of sp³-hybridized carbons (Fsp3) is 0.300. The number of carboxylic acid groups (broad SMARTS) is 1. The van der Waals surface area contributed by atoms with Crippen molar-refractivity contribution in [2.24, 2.45) is 0 Å². The number of hydrogen-bond acceptors (Lipinski definition) is 7. The number of nitrogens with zero attached hydrogens (tertiary/aromatic N) is 1. The number of rotatable bonds is 5. The van der Waals surface area contributed by atoms with Crippen molar-refractivity contribution in [3.8, 4) is 11.6 Å². The molecule has 0 aliphatic carbocycles. The number of carbonyl (C=O) groups excluding carboxylic acids is 1. The maximum atomic E-state index is 11.1. The fourth-order valence-electron chi connectivity index (χ4n) is 0.934. The lowest BCUT2D eigenvalue weighted by atomic mass is 10.4. The van der Waals surface area contributed by atoms with E-state index in [0.29, 0.717) is 0 Å². The number of pyridine rings is 1. The molecule has 8 heteroatoms. The highest BCUT2D eigenvalue weighted by Gasteiger charge is 2.09. The third kappa shape index (κ3) is 5.12. The van der Waals surface area contributed by atoms with E-state index >= 15 is 0 Å². The van der Waals surface area contributed by atoms with E-state index in [2.05, 4.69) is 19.2 Å². The van der Waals surface area contributed by atoms with Crippen LogP contribution in [0.3, 0.4) is 0 Å². The monoisotopic (exact) mass is 257 g/mol. The van der Waals surface area contributed by atoms with Crippen molar-refractivity contribution in [1.29, 1.82) is 0 Å². The highest BCUT2D eigenvalue weighted by Crippen LogP contribution is 2.16. The lowest BCUT2D eigenvalue weighted by Gasteiger charge is -2.05. The van der Waals surface area contributed by atoms with Crippen LogP contribution in [0.15, 0.2) is 18.3 Å². The largest absolute Gasteiger partial charge is 0.513 e. The Bertz CT molecular complexity index is 420. The van der Waals surface area contributed by atoms with Crippen molar-refractivity contribution in [2.75, 3.05) is 20.3 Å². The molecule has 1 aromatic rings. The highest BCUT2D eigenvalue weighted by molar-refractivity contribution is 5.64. The number of carbonyl (C=O) groups is 2. The molecule has 0 fully saturated rings. The molecule has 0 aromatic carbocycles. The van der Waals surface area contributed by atoms with Crippen molar-refractivity contribution in [3.05, 3.63) is 18.3 Å². The lowest BCUT2D eigenvalue weighted by Crippen LogP contribution is -2.14. The molecule has 1 heterocycles. The molecule has 0 atom stereocenters. The van der Waals surface area contributed by atoms with E-state index < -0.39 is 12.3 Å². The predicted molar refractivity (Wildman–Crippen MR) is 56.7 cm³/mol. The van der Waals surface area contributed by atoms with Gasteiger partial charge in [0.25, 0.3) is 0 Å². The second-order valence-corrected chi connectivity index (χ2v) is 2.89. The molecule has 0 aliphatic heterocycles. The Morgan fingerprint density at radius 2 is 2.11 bits per heavy atom. The van der Waals surface area contributed by atoms with Gasteiger partial charge in [-0.2, -0.15) is 0 Å². The highest BCUT2D eigenvalue weighted by atomic mass is 16.7. The van der Waals surface area contributed by atoms with Gasteiger partial charge in [0.15, 0.2) is 0 Å². The summed E-state index contributed by atoms with van der Waals surface area (Å²) in [6.07, 6.45) is -1.21. The quantitative estimate of drug-likeness (QED) is 0.621. The van der Waals surface area contributed by atoms with Gasteiger partial charge in [-0.25, -0.2) is 14.6 Å². The van der Waals surface area contributed by atoms with E-state index in [0.717, 1.165) is 6.07 Å². The molecule has 0 unspecified atom stereocenters. The summed E-state index contributed by atoms with van der Waals surface area (Å²) in [6, 6.07) is 2.50. The molecule has 0 saturated heterocycles. The maximum Gasteiger partial charge on any atom is 0.513 e. The molecule has 1 aromatic heterocycles. The Hall–Kier alpha value is -2.35. The van der Waals surface area contributed by atoms with Crippen LogP contribution in [0.2, 0.25) is 0 Å². The molecule has 0 bridgehead atoms. The van der Waals surface area contributed by atoms with E-state index in [1.54, 1.807) is 0 Å². The summed E-state index contributed by atoms with van der Waals surface area (Å²) >= 11 is 0. The van der Waals surface area contributed by atoms with Gasteiger partial charge in [0.1, 0.15) is 12.4 Å².